The average molecular weight is 326 g/mol. The van der Waals surface area contributed by atoms with Gasteiger partial charge in [0.15, 0.2) is 0 Å². The Balaban J connectivity index is 2.56. The lowest BCUT2D eigenvalue weighted by Crippen LogP contribution is -2.54. The van der Waals surface area contributed by atoms with Gasteiger partial charge in [0, 0.05) is 39.3 Å². The molecule has 0 saturated carbocycles. The number of nitrogens with zero attached hydrogens (tertiary/aromatic N) is 3. The van der Waals surface area contributed by atoms with E-state index in [9.17, 15) is 9.59 Å². The molecule has 1 fully saturated rings. The molecule has 0 radical (unpaired) electrons. The van der Waals surface area contributed by atoms with Gasteiger partial charge in [0.05, 0.1) is 12.1 Å². The highest BCUT2D eigenvalue weighted by Crippen LogP contribution is 2.15. The Labute approximate surface area is 141 Å². The second kappa shape index (κ2) is 9.23. The molecule has 1 atom stereocenters. The second-order valence-electron chi connectivity index (χ2n) is 6.66. The van der Waals surface area contributed by atoms with Crippen LogP contribution in [0.3, 0.4) is 0 Å². The predicted octanol–water partition coefficient (Wildman–Crippen LogP) is 0.907. The van der Waals surface area contributed by atoms with Crippen LogP contribution in [-0.2, 0) is 9.59 Å². The maximum absolute atomic E-state index is 12.6. The zero-order chi connectivity index (χ0) is 17.5. The van der Waals surface area contributed by atoms with Crippen LogP contribution in [0.5, 0.6) is 0 Å². The number of carbonyl (C=O) groups excluding carboxylic acids is 2. The van der Waals surface area contributed by atoms with E-state index in [2.05, 4.69) is 4.90 Å². The molecule has 6 nitrogen and oxygen atoms in total. The first-order valence-corrected chi connectivity index (χ1v) is 8.94. The number of nitrogens with two attached hydrogens (primary N) is 1. The smallest absolute Gasteiger partial charge is 0.242 e. The lowest BCUT2D eigenvalue weighted by molar-refractivity contribution is -0.136. The largest absolute Gasteiger partial charge is 0.342 e. The minimum absolute atomic E-state index is 0.0382. The van der Waals surface area contributed by atoms with Gasteiger partial charge in [-0.1, -0.05) is 13.3 Å². The Kier molecular flexibility index (Phi) is 7.99. The summed E-state index contributed by atoms with van der Waals surface area (Å²) in [6.07, 6.45) is 2.49. The first-order valence-electron chi connectivity index (χ1n) is 8.94. The summed E-state index contributed by atoms with van der Waals surface area (Å²) in [4.78, 5) is 30.7. The predicted molar refractivity (Wildman–Crippen MR) is 93.1 cm³/mol. The van der Waals surface area contributed by atoms with E-state index in [1.54, 1.807) is 0 Å². The highest BCUT2D eigenvalue weighted by molar-refractivity contribution is 5.85. The molecular weight excluding hydrogens is 292 g/mol. The Morgan fingerprint density at radius 2 is 1.74 bits per heavy atom. The van der Waals surface area contributed by atoms with Gasteiger partial charge in [-0.3, -0.25) is 14.5 Å². The van der Waals surface area contributed by atoms with Gasteiger partial charge in [0.25, 0.3) is 0 Å². The van der Waals surface area contributed by atoms with Crippen LogP contribution in [0.2, 0.25) is 0 Å². The van der Waals surface area contributed by atoms with E-state index < -0.39 is 5.54 Å². The summed E-state index contributed by atoms with van der Waals surface area (Å²) >= 11 is 0. The van der Waals surface area contributed by atoms with Gasteiger partial charge in [-0.05, 0) is 33.6 Å². The molecule has 2 amide bonds. The van der Waals surface area contributed by atoms with Crippen molar-refractivity contribution in [3.8, 4) is 0 Å². The van der Waals surface area contributed by atoms with Crippen LogP contribution in [0, 0.1) is 0 Å². The first kappa shape index (κ1) is 19.9. The fourth-order valence-corrected chi connectivity index (χ4v) is 3.19. The van der Waals surface area contributed by atoms with E-state index in [1.807, 2.05) is 37.5 Å². The van der Waals surface area contributed by atoms with Crippen molar-refractivity contribution in [3.05, 3.63) is 0 Å². The van der Waals surface area contributed by atoms with Crippen LogP contribution >= 0.6 is 0 Å². The Morgan fingerprint density at radius 1 is 1.09 bits per heavy atom. The van der Waals surface area contributed by atoms with Crippen molar-refractivity contribution in [2.75, 3.05) is 45.8 Å². The molecule has 1 saturated heterocycles. The number of likely N-dealkylation sites (N-methyl/N-ethyl adjacent to an activating group) is 1. The fourth-order valence-electron chi connectivity index (χ4n) is 3.19. The van der Waals surface area contributed by atoms with Gasteiger partial charge in [-0.15, -0.1) is 0 Å². The van der Waals surface area contributed by atoms with Crippen molar-refractivity contribution < 1.29 is 9.59 Å². The maximum Gasteiger partial charge on any atom is 0.242 e. The average Bonchev–Trinajstić information content (AvgIpc) is 2.73. The molecule has 0 bridgehead atoms. The quantitative estimate of drug-likeness (QED) is 0.755. The lowest BCUT2D eigenvalue weighted by atomic mass is 9.95. The van der Waals surface area contributed by atoms with Crippen molar-refractivity contribution in [1.82, 2.24) is 14.7 Å². The van der Waals surface area contributed by atoms with Crippen molar-refractivity contribution in [2.45, 2.75) is 52.5 Å². The molecular formula is C17H34N4O2. The van der Waals surface area contributed by atoms with Gasteiger partial charge in [-0.2, -0.15) is 0 Å². The minimum atomic E-state index is -0.777. The molecule has 0 aromatic carbocycles. The van der Waals surface area contributed by atoms with Gasteiger partial charge in [0.2, 0.25) is 11.8 Å². The van der Waals surface area contributed by atoms with E-state index in [-0.39, 0.29) is 11.8 Å². The van der Waals surface area contributed by atoms with Crippen LogP contribution in [0.1, 0.15) is 47.0 Å². The Hall–Kier alpha value is -1.14. The monoisotopic (exact) mass is 326 g/mol. The van der Waals surface area contributed by atoms with E-state index in [0.717, 1.165) is 45.6 Å². The first-order chi connectivity index (χ1) is 10.9. The third-order valence-electron chi connectivity index (χ3n) is 4.61. The van der Waals surface area contributed by atoms with Crippen molar-refractivity contribution >= 4 is 11.8 Å². The number of rotatable bonds is 7. The summed E-state index contributed by atoms with van der Waals surface area (Å²) in [5.41, 5.74) is 5.40. The molecule has 0 aromatic rings. The van der Waals surface area contributed by atoms with Gasteiger partial charge in [-0.25, -0.2) is 0 Å². The van der Waals surface area contributed by atoms with Gasteiger partial charge < -0.3 is 15.5 Å². The van der Waals surface area contributed by atoms with Gasteiger partial charge in [0.1, 0.15) is 0 Å². The summed E-state index contributed by atoms with van der Waals surface area (Å²) < 4.78 is 0. The summed E-state index contributed by atoms with van der Waals surface area (Å²) in [5, 5.41) is 0. The second-order valence-corrected chi connectivity index (χ2v) is 6.66. The number of amides is 2. The standard InChI is InChI=1S/C17H34N4O2/c1-5-9-17(4,18)16(23)21-11-8-10-19(12-13-21)14-15(22)20(6-2)7-3/h5-14,18H2,1-4H3. The van der Waals surface area contributed by atoms with Crippen LogP contribution in [0.4, 0.5) is 0 Å². The highest BCUT2D eigenvalue weighted by Gasteiger charge is 2.32. The molecule has 1 aliphatic heterocycles. The zero-order valence-corrected chi connectivity index (χ0v) is 15.3. The summed E-state index contributed by atoms with van der Waals surface area (Å²) in [6, 6.07) is 0. The highest BCUT2D eigenvalue weighted by atomic mass is 16.2. The van der Waals surface area contributed by atoms with Crippen molar-refractivity contribution in [1.29, 1.82) is 0 Å². The summed E-state index contributed by atoms with van der Waals surface area (Å²) in [5.74, 6) is 0.209. The molecule has 0 aliphatic carbocycles. The molecule has 0 spiro atoms. The van der Waals surface area contributed by atoms with Crippen molar-refractivity contribution in [2.24, 2.45) is 5.73 Å². The van der Waals surface area contributed by atoms with E-state index in [1.165, 1.54) is 0 Å². The van der Waals surface area contributed by atoms with Crippen LogP contribution in [-0.4, -0.2) is 77.9 Å². The molecule has 1 unspecified atom stereocenters. The Morgan fingerprint density at radius 3 is 2.30 bits per heavy atom. The fraction of sp³-hybridized carbons (Fsp3) is 0.882. The lowest BCUT2D eigenvalue weighted by Gasteiger charge is -2.31. The van der Waals surface area contributed by atoms with E-state index >= 15 is 0 Å². The normalized spacial score (nSPS) is 19.1. The molecule has 23 heavy (non-hydrogen) atoms. The van der Waals surface area contributed by atoms with E-state index in [0.29, 0.717) is 19.5 Å². The summed E-state index contributed by atoms with van der Waals surface area (Å²) in [7, 11) is 0. The number of carbonyl (C=O) groups is 2. The summed E-state index contributed by atoms with van der Waals surface area (Å²) in [6.45, 7) is 12.8. The third-order valence-corrected chi connectivity index (χ3v) is 4.61. The van der Waals surface area contributed by atoms with Crippen LogP contribution in [0.25, 0.3) is 0 Å². The minimum Gasteiger partial charge on any atom is -0.342 e. The maximum atomic E-state index is 12.6. The third kappa shape index (κ3) is 5.77. The molecule has 134 valence electrons. The van der Waals surface area contributed by atoms with Crippen molar-refractivity contribution in [3.63, 3.8) is 0 Å². The molecule has 1 rings (SSSR count). The topological polar surface area (TPSA) is 69.9 Å². The number of hydrogen-bond acceptors (Lipinski definition) is 4. The zero-order valence-electron chi connectivity index (χ0n) is 15.3. The van der Waals surface area contributed by atoms with Gasteiger partial charge >= 0.3 is 0 Å². The molecule has 1 heterocycles. The molecule has 0 aromatic heterocycles. The molecule has 1 aliphatic rings. The SMILES string of the molecule is CCCC(C)(N)C(=O)N1CCCN(CC(=O)N(CC)CC)CC1. The Bertz CT molecular complexity index is 394. The number of hydrogen-bond donors (Lipinski definition) is 1. The van der Waals surface area contributed by atoms with Crippen LogP contribution in [0.15, 0.2) is 0 Å². The molecule has 6 heteroatoms. The van der Waals surface area contributed by atoms with E-state index in [4.69, 9.17) is 5.73 Å². The van der Waals surface area contributed by atoms with Crippen LogP contribution < -0.4 is 5.73 Å². The molecule has 2 N–H and O–H groups in total.